The molecule has 2 heterocycles. The summed E-state index contributed by atoms with van der Waals surface area (Å²) in [6, 6.07) is 0.0337. The van der Waals surface area contributed by atoms with Crippen molar-refractivity contribution in [2.24, 2.45) is 0 Å². The fourth-order valence-electron chi connectivity index (χ4n) is 2.03. The van der Waals surface area contributed by atoms with Gasteiger partial charge in [-0.3, -0.25) is 4.98 Å². The number of methoxy groups -OCH3 is 1. The van der Waals surface area contributed by atoms with E-state index in [0.29, 0.717) is 5.88 Å². The summed E-state index contributed by atoms with van der Waals surface area (Å²) in [5.41, 5.74) is 0.828. The van der Waals surface area contributed by atoms with E-state index in [9.17, 15) is 0 Å². The summed E-state index contributed by atoms with van der Waals surface area (Å²) in [5.74, 6) is 2.60. The lowest BCUT2D eigenvalue weighted by Gasteiger charge is -2.30. The van der Waals surface area contributed by atoms with Crippen molar-refractivity contribution < 1.29 is 9.47 Å². The quantitative estimate of drug-likeness (QED) is 0.868. The monoisotopic (exact) mass is 269 g/mol. The van der Waals surface area contributed by atoms with Crippen molar-refractivity contribution in [2.75, 3.05) is 31.8 Å². The molecule has 1 saturated heterocycles. The Kier molecular flexibility index (Phi) is 5.22. The standard InChI is InChI=1S/C12H19N3O2S/c1-3-13-10(9-8-18-7-6-17-9)11-12(16-2)15-5-4-14-11/h4-5,9-10,13H,3,6-8H2,1-2H3. The first-order valence-corrected chi connectivity index (χ1v) is 7.30. The Labute approximate surface area is 112 Å². The summed E-state index contributed by atoms with van der Waals surface area (Å²) >= 11 is 1.91. The zero-order valence-electron chi connectivity index (χ0n) is 10.8. The fraction of sp³-hybridized carbons (Fsp3) is 0.667. The van der Waals surface area contributed by atoms with Gasteiger partial charge in [0.25, 0.3) is 0 Å². The van der Waals surface area contributed by atoms with Crippen LogP contribution in [0, 0.1) is 0 Å². The van der Waals surface area contributed by atoms with Crippen molar-refractivity contribution >= 4 is 11.8 Å². The number of nitrogens with zero attached hydrogens (tertiary/aromatic N) is 2. The Balaban J connectivity index is 2.22. The van der Waals surface area contributed by atoms with Crippen LogP contribution in [0.5, 0.6) is 5.88 Å². The van der Waals surface area contributed by atoms with Crippen LogP contribution in [-0.4, -0.2) is 47.8 Å². The minimum absolute atomic E-state index is 0.0337. The van der Waals surface area contributed by atoms with Crippen LogP contribution in [0.4, 0.5) is 0 Å². The Morgan fingerprint density at radius 1 is 1.56 bits per heavy atom. The molecule has 0 amide bonds. The summed E-state index contributed by atoms with van der Waals surface area (Å²) in [7, 11) is 1.62. The van der Waals surface area contributed by atoms with E-state index in [1.807, 2.05) is 11.8 Å². The SMILES string of the molecule is CCNC(c1nccnc1OC)C1CSCCO1. The molecule has 0 spiro atoms. The third kappa shape index (κ3) is 3.13. The predicted octanol–water partition coefficient (Wildman–Crippen LogP) is 1.27. The smallest absolute Gasteiger partial charge is 0.237 e. The third-order valence-electron chi connectivity index (χ3n) is 2.82. The number of hydrogen-bond acceptors (Lipinski definition) is 6. The molecular formula is C12H19N3O2S. The Bertz CT molecular complexity index is 372. The summed E-state index contributed by atoms with van der Waals surface area (Å²) in [6.07, 6.45) is 3.45. The molecule has 1 aromatic rings. The van der Waals surface area contributed by atoms with Gasteiger partial charge in [-0.05, 0) is 6.54 Å². The highest BCUT2D eigenvalue weighted by atomic mass is 32.2. The van der Waals surface area contributed by atoms with E-state index in [1.165, 1.54) is 0 Å². The second kappa shape index (κ2) is 6.92. The van der Waals surface area contributed by atoms with Crippen LogP contribution in [0.1, 0.15) is 18.7 Å². The first-order chi connectivity index (χ1) is 8.86. The van der Waals surface area contributed by atoms with Crippen LogP contribution >= 0.6 is 11.8 Å². The topological polar surface area (TPSA) is 56.3 Å². The highest BCUT2D eigenvalue weighted by Gasteiger charge is 2.29. The van der Waals surface area contributed by atoms with E-state index >= 15 is 0 Å². The number of likely N-dealkylation sites (N-methyl/N-ethyl adjacent to an activating group) is 1. The molecule has 18 heavy (non-hydrogen) atoms. The molecule has 0 aromatic carbocycles. The van der Waals surface area contributed by atoms with Gasteiger partial charge in [0.2, 0.25) is 5.88 Å². The van der Waals surface area contributed by atoms with Crippen molar-refractivity contribution in [3.63, 3.8) is 0 Å². The van der Waals surface area contributed by atoms with Crippen molar-refractivity contribution in [1.29, 1.82) is 0 Å². The predicted molar refractivity (Wildman–Crippen MR) is 72.1 cm³/mol. The summed E-state index contributed by atoms with van der Waals surface area (Å²) in [6.45, 7) is 3.72. The van der Waals surface area contributed by atoms with Gasteiger partial charge in [0, 0.05) is 23.9 Å². The molecule has 2 atom stereocenters. The molecular weight excluding hydrogens is 250 g/mol. The number of ether oxygens (including phenoxy) is 2. The zero-order valence-corrected chi connectivity index (χ0v) is 11.6. The highest BCUT2D eigenvalue weighted by Crippen LogP contribution is 2.28. The maximum atomic E-state index is 5.84. The van der Waals surface area contributed by atoms with Gasteiger partial charge in [-0.15, -0.1) is 0 Å². The van der Waals surface area contributed by atoms with Crippen molar-refractivity contribution in [3.8, 4) is 5.88 Å². The van der Waals surface area contributed by atoms with E-state index in [-0.39, 0.29) is 12.1 Å². The molecule has 2 unspecified atom stereocenters. The molecule has 0 saturated carbocycles. The average Bonchev–Trinajstić information content (AvgIpc) is 2.46. The normalized spacial score (nSPS) is 21.6. The number of hydrogen-bond donors (Lipinski definition) is 1. The average molecular weight is 269 g/mol. The van der Waals surface area contributed by atoms with E-state index in [1.54, 1.807) is 19.5 Å². The second-order valence-corrected chi connectivity index (χ2v) is 5.12. The van der Waals surface area contributed by atoms with E-state index in [0.717, 1.165) is 30.4 Å². The molecule has 1 aromatic heterocycles. The highest BCUT2D eigenvalue weighted by molar-refractivity contribution is 7.99. The number of rotatable bonds is 5. The Morgan fingerprint density at radius 2 is 2.39 bits per heavy atom. The van der Waals surface area contributed by atoms with Crippen LogP contribution in [-0.2, 0) is 4.74 Å². The van der Waals surface area contributed by atoms with E-state index < -0.39 is 0 Å². The number of nitrogens with one attached hydrogen (secondary N) is 1. The molecule has 5 nitrogen and oxygen atoms in total. The molecule has 100 valence electrons. The fourth-order valence-corrected chi connectivity index (χ4v) is 2.93. The van der Waals surface area contributed by atoms with E-state index in [4.69, 9.17) is 9.47 Å². The van der Waals surface area contributed by atoms with Gasteiger partial charge in [-0.1, -0.05) is 6.92 Å². The maximum Gasteiger partial charge on any atom is 0.237 e. The largest absolute Gasteiger partial charge is 0.480 e. The molecule has 0 bridgehead atoms. The second-order valence-electron chi connectivity index (χ2n) is 3.97. The van der Waals surface area contributed by atoms with Crippen LogP contribution in [0.2, 0.25) is 0 Å². The van der Waals surface area contributed by atoms with Crippen LogP contribution in [0.25, 0.3) is 0 Å². The van der Waals surface area contributed by atoms with Crippen LogP contribution in [0.15, 0.2) is 12.4 Å². The molecule has 6 heteroatoms. The molecule has 0 aliphatic carbocycles. The van der Waals surface area contributed by atoms with E-state index in [2.05, 4.69) is 22.2 Å². The Hall–Kier alpha value is -0.850. The van der Waals surface area contributed by atoms with Gasteiger partial charge in [-0.25, -0.2) is 4.98 Å². The van der Waals surface area contributed by atoms with Crippen molar-refractivity contribution in [1.82, 2.24) is 15.3 Å². The first-order valence-electron chi connectivity index (χ1n) is 6.14. The molecule has 2 rings (SSSR count). The van der Waals surface area contributed by atoms with Gasteiger partial charge < -0.3 is 14.8 Å². The van der Waals surface area contributed by atoms with Gasteiger partial charge in [0.15, 0.2) is 0 Å². The van der Waals surface area contributed by atoms with Gasteiger partial charge in [0.1, 0.15) is 5.69 Å². The van der Waals surface area contributed by atoms with Gasteiger partial charge in [-0.2, -0.15) is 11.8 Å². The van der Waals surface area contributed by atoms with Gasteiger partial charge in [0.05, 0.1) is 25.9 Å². The number of aromatic nitrogens is 2. The number of thioether (sulfide) groups is 1. The van der Waals surface area contributed by atoms with Crippen LogP contribution < -0.4 is 10.1 Å². The lowest BCUT2D eigenvalue weighted by atomic mass is 10.1. The summed E-state index contributed by atoms with van der Waals surface area (Å²) in [4.78, 5) is 8.61. The molecule has 1 aliphatic rings. The minimum atomic E-state index is 0.0337. The van der Waals surface area contributed by atoms with Crippen molar-refractivity contribution in [2.45, 2.75) is 19.1 Å². The molecule has 0 radical (unpaired) electrons. The summed E-state index contributed by atoms with van der Waals surface area (Å²) in [5, 5.41) is 3.42. The van der Waals surface area contributed by atoms with Gasteiger partial charge >= 0.3 is 0 Å². The maximum absolute atomic E-state index is 5.84. The first kappa shape index (κ1) is 13.6. The lowest BCUT2D eigenvalue weighted by Crippen LogP contribution is -2.38. The van der Waals surface area contributed by atoms with Crippen molar-refractivity contribution in [3.05, 3.63) is 18.1 Å². The zero-order chi connectivity index (χ0) is 12.8. The molecule has 1 N–H and O–H groups in total. The van der Waals surface area contributed by atoms with Crippen LogP contribution in [0.3, 0.4) is 0 Å². The minimum Gasteiger partial charge on any atom is -0.480 e. The summed E-state index contributed by atoms with van der Waals surface area (Å²) < 4.78 is 11.1. The molecule has 1 fully saturated rings. The third-order valence-corrected chi connectivity index (χ3v) is 3.84. The lowest BCUT2D eigenvalue weighted by molar-refractivity contribution is 0.0452. The molecule has 1 aliphatic heterocycles. The Morgan fingerprint density at radius 3 is 3.06 bits per heavy atom.